The van der Waals surface area contributed by atoms with Crippen molar-refractivity contribution in [2.75, 3.05) is 0 Å². The predicted octanol–water partition coefficient (Wildman–Crippen LogP) is 3.21. The maximum absolute atomic E-state index is 3.68. The summed E-state index contributed by atoms with van der Waals surface area (Å²) in [5.41, 5.74) is 0. The van der Waals surface area contributed by atoms with E-state index in [1.165, 1.54) is 19.3 Å². The number of rotatable bonds is 0. The Labute approximate surface area is 66.2 Å². The van der Waals surface area contributed by atoms with Gasteiger partial charge in [-0.3, -0.25) is 0 Å². The zero-order valence-electron chi connectivity index (χ0n) is 6.23. The van der Waals surface area contributed by atoms with Gasteiger partial charge in [0.05, 0.1) is 0 Å². The van der Waals surface area contributed by atoms with Gasteiger partial charge in [-0.05, 0) is 31.1 Å². The first kappa shape index (κ1) is 7.59. The molecule has 1 aliphatic rings. The second kappa shape index (κ2) is 3.05. The minimum atomic E-state index is 0.800. The molecule has 3 unspecified atom stereocenters. The van der Waals surface area contributed by atoms with E-state index in [-0.39, 0.29) is 0 Å². The van der Waals surface area contributed by atoms with Crippen LogP contribution in [-0.2, 0) is 0 Å². The summed E-state index contributed by atoms with van der Waals surface area (Å²) in [4.78, 5) is 0.800. The van der Waals surface area contributed by atoms with Gasteiger partial charge in [0.25, 0.3) is 0 Å². The van der Waals surface area contributed by atoms with Crippen molar-refractivity contribution in [1.29, 1.82) is 0 Å². The van der Waals surface area contributed by atoms with Crippen molar-refractivity contribution in [3.63, 3.8) is 0 Å². The normalized spacial score (nSPS) is 45.0. The molecule has 0 aromatic heterocycles. The van der Waals surface area contributed by atoms with E-state index in [0.717, 1.165) is 16.7 Å². The SMILES string of the molecule is CC1CCC(Br)C(C)C1. The Hall–Kier alpha value is 0.480. The molecule has 1 fully saturated rings. The molecule has 54 valence electrons. The van der Waals surface area contributed by atoms with E-state index in [1.807, 2.05) is 0 Å². The Balaban J connectivity index is 2.35. The molecule has 0 bridgehead atoms. The molecule has 1 heteroatoms. The molecular weight excluding hydrogens is 176 g/mol. The summed E-state index contributed by atoms with van der Waals surface area (Å²) in [6, 6.07) is 0. The summed E-state index contributed by atoms with van der Waals surface area (Å²) in [6.45, 7) is 4.70. The molecule has 0 aliphatic heterocycles. The van der Waals surface area contributed by atoms with Crippen LogP contribution < -0.4 is 0 Å². The average molecular weight is 191 g/mol. The summed E-state index contributed by atoms with van der Waals surface area (Å²) in [7, 11) is 0. The highest BCUT2D eigenvalue weighted by atomic mass is 79.9. The molecule has 9 heavy (non-hydrogen) atoms. The number of alkyl halides is 1. The third-order valence-corrected chi connectivity index (χ3v) is 3.69. The molecule has 0 aromatic carbocycles. The van der Waals surface area contributed by atoms with Crippen LogP contribution in [0.3, 0.4) is 0 Å². The molecule has 0 radical (unpaired) electrons. The third kappa shape index (κ3) is 1.96. The lowest BCUT2D eigenvalue weighted by Gasteiger charge is -2.28. The fourth-order valence-electron chi connectivity index (χ4n) is 1.63. The van der Waals surface area contributed by atoms with Crippen molar-refractivity contribution in [2.24, 2.45) is 11.8 Å². The minimum Gasteiger partial charge on any atom is -0.0888 e. The van der Waals surface area contributed by atoms with Gasteiger partial charge in [0.1, 0.15) is 0 Å². The molecule has 0 nitrogen and oxygen atoms in total. The van der Waals surface area contributed by atoms with E-state index in [4.69, 9.17) is 0 Å². The van der Waals surface area contributed by atoms with Crippen molar-refractivity contribution in [3.8, 4) is 0 Å². The molecule has 1 aliphatic carbocycles. The summed E-state index contributed by atoms with van der Waals surface area (Å²) in [5.74, 6) is 1.86. The lowest BCUT2D eigenvalue weighted by atomic mass is 9.84. The first-order valence-corrected chi connectivity index (χ1v) is 4.75. The van der Waals surface area contributed by atoms with Crippen molar-refractivity contribution in [1.82, 2.24) is 0 Å². The quantitative estimate of drug-likeness (QED) is 0.516. The van der Waals surface area contributed by atoms with E-state index in [2.05, 4.69) is 29.8 Å². The Morgan fingerprint density at radius 3 is 2.33 bits per heavy atom. The van der Waals surface area contributed by atoms with Crippen LogP contribution in [0.4, 0.5) is 0 Å². The van der Waals surface area contributed by atoms with Gasteiger partial charge in [0, 0.05) is 4.83 Å². The molecule has 0 aromatic rings. The zero-order valence-corrected chi connectivity index (χ0v) is 7.82. The number of halogens is 1. The van der Waals surface area contributed by atoms with Crippen molar-refractivity contribution in [2.45, 2.75) is 37.9 Å². The van der Waals surface area contributed by atoms with Crippen LogP contribution in [-0.4, -0.2) is 4.83 Å². The second-order valence-electron chi connectivity index (χ2n) is 3.41. The Morgan fingerprint density at radius 2 is 1.89 bits per heavy atom. The van der Waals surface area contributed by atoms with Crippen LogP contribution in [0.15, 0.2) is 0 Å². The van der Waals surface area contributed by atoms with Crippen LogP contribution in [0.5, 0.6) is 0 Å². The van der Waals surface area contributed by atoms with E-state index in [9.17, 15) is 0 Å². The highest BCUT2D eigenvalue weighted by molar-refractivity contribution is 9.09. The molecule has 0 spiro atoms. The number of hydrogen-bond donors (Lipinski definition) is 0. The van der Waals surface area contributed by atoms with Crippen molar-refractivity contribution in [3.05, 3.63) is 0 Å². The fraction of sp³-hybridized carbons (Fsp3) is 1.00. The van der Waals surface area contributed by atoms with Gasteiger partial charge in [-0.15, -0.1) is 0 Å². The van der Waals surface area contributed by atoms with Gasteiger partial charge < -0.3 is 0 Å². The Kier molecular flexibility index (Phi) is 2.57. The Bertz CT molecular complexity index is 90.6. The van der Waals surface area contributed by atoms with Gasteiger partial charge in [0.2, 0.25) is 0 Å². The molecular formula is C8H15Br. The van der Waals surface area contributed by atoms with Gasteiger partial charge in [-0.1, -0.05) is 29.8 Å². The maximum Gasteiger partial charge on any atom is 0.0171 e. The van der Waals surface area contributed by atoms with E-state index in [0.29, 0.717) is 0 Å². The first-order valence-electron chi connectivity index (χ1n) is 3.84. The topological polar surface area (TPSA) is 0 Å². The minimum absolute atomic E-state index is 0.800. The van der Waals surface area contributed by atoms with E-state index < -0.39 is 0 Å². The molecule has 0 amide bonds. The van der Waals surface area contributed by atoms with Gasteiger partial charge in [0.15, 0.2) is 0 Å². The lowest BCUT2D eigenvalue weighted by molar-refractivity contribution is 0.314. The maximum atomic E-state index is 3.68. The molecule has 1 rings (SSSR count). The molecule has 0 heterocycles. The van der Waals surface area contributed by atoms with Crippen LogP contribution in [0.25, 0.3) is 0 Å². The van der Waals surface area contributed by atoms with E-state index in [1.54, 1.807) is 0 Å². The summed E-state index contributed by atoms with van der Waals surface area (Å²) >= 11 is 3.68. The molecule has 0 N–H and O–H groups in total. The second-order valence-corrected chi connectivity index (χ2v) is 4.59. The first-order chi connectivity index (χ1) is 4.20. The van der Waals surface area contributed by atoms with Crippen molar-refractivity contribution >= 4 is 15.9 Å². The smallest absolute Gasteiger partial charge is 0.0171 e. The molecule has 0 saturated heterocycles. The summed E-state index contributed by atoms with van der Waals surface area (Å²) in [5, 5.41) is 0. The van der Waals surface area contributed by atoms with Crippen LogP contribution in [0, 0.1) is 11.8 Å². The van der Waals surface area contributed by atoms with Gasteiger partial charge in [-0.25, -0.2) is 0 Å². The molecule has 3 atom stereocenters. The number of hydrogen-bond acceptors (Lipinski definition) is 0. The fourth-order valence-corrected chi connectivity index (χ4v) is 2.11. The third-order valence-electron chi connectivity index (χ3n) is 2.33. The van der Waals surface area contributed by atoms with Crippen molar-refractivity contribution < 1.29 is 0 Å². The van der Waals surface area contributed by atoms with Crippen LogP contribution in [0.1, 0.15) is 33.1 Å². The monoisotopic (exact) mass is 190 g/mol. The highest BCUT2D eigenvalue weighted by Crippen LogP contribution is 2.32. The summed E-state index contributed by atoms with van der Waals surface area (Å²) in [6.07, 6.45) is 4.21. The van der Waals surface area contributed by atoms with Crippen LogP contribution >= 0.6 is 15.9 Å². The average Bonchev–Trinajstić information content (AvgIpc) is 1.80. The Morgan fingerprint density at radius 1 is 1.22 bits per heavy atom. The van der Waals surface area contributed by atoms with E-state index >= 15 is 0 Å². The lowest BCUT2D eigenvalue weighted by Crippen LogP contribution is -2.20. The predicted molar refractivity (Wildman–Crippen MR) is 44.9 cm³/mol. The highest BCUT2D eigenvalue weighted by Gasteiger charge is 2.22. The molecule has 1 saturated carbocycles. The summed E-state index contributed by atoms with van der Waals surface area (Å²) < 4.78 is 0. The van der Waals surface area contributed by atoms with Gasteiger partial charge in [-0.2, -0.15) is 0 Å². The zero-order chi connectivity index (χ0) is 6.85. The van der Waals surface area contributed by atoms with Gasteiger partial charge >= 0.3 is 0 Å². The standard InChI is InChI=1S/C8H15Br/c1-6-3-4-8(9)7(2)5-6/h6-8H,3-5H2,1-2H3. The largest absolute Gasteiger partial charge is 0.0888 e. The van der Waals surface area contributed by atoms with Crippen LogP contribution in [0.2, 0.25) is 0 Å².